The zero-order valence-corrected chi connectivity index (χ0v) is 8.93. The lowest BCUT2D eigenvalue weighted by Gasteiger charge is -2.19. The van der Waals surface area contributed by atoms with Crippen LogP contribution >= 0.6 is 0 Å². The molecule has 1 aromatic rings. The molecule has 1 aliphatic rings. The Balaban J connectivity index is 2.57. The number of aryl methyl sites for hydroxylation is 1. The molecule has 1 heterocycles. The summed E-state index contributed by atoms with van der Waals surface area (Å²) >= 11 is 0. The van der Waals surface area contributed by atoms with Crippen LogP contribution in [0.2, 0.25) is 0 Å². The molecular formula is C11H16N2O2. The monoisotopic (exact) mass is 208 g/mol. The highest BCUT2D eigenvalue weighted by molar-refractivity contribution is 5.69. The topological polar surface area (TPSA) is 68.3 Å². The van der Waals surface area contributed by atoms with E-state index in [0.29, 0.717) is 0 Å². The van der Waals surface area contributed by atoms with Crippen molar-refractivity contribution in [2.24, 2.45) is 0 Å². The second-order valence-corrected chi connectivity index (χ2v) is 3.82. The molecule has 0 unspecified atom stereocenters. The average molecular weight is 208 g/mol. The van der Waals surface area contributed by atoms with Gasteiger partial charge in [0.25, 0.3) is 0 Å². The highest BCUT2D eigenvalue weighted by Crippen LogP contribution is 2.29. The minimum Gasteiger partial charge on any atom is -0.426 e. The molecule has 1 aromatic heterocycles. The first-order valence-electron chi connectivity index (χ1n) is 5.42. The van der Waals surface area contributed by atoms with Gasteiger partial charge in [0.05, 0.1) is 5.69 Å². The van der Waals surface area contributed by atoms with Crippen molar-refractivity contribution < 1.29 is 4.42 Å². The van der Waals surface area contributed by atoms with Crippen molar-refractivity contribution in [3.8, 4) is 0 Å². The van der Waals surface area contributed by atoms with Gasteiger partial charge in [0.2, 0.25) is 0 Å². The lowest BCUT2D eigenvalue weighted by molar-refractivity contribution is 0.431. The molecule has 0 saturated heterocycles. The van der Waals surface area contributed by atoms with Gasteiger partial charge < -0.3 is 15.5 Å². The minimum atomic E-state index is -0.411. The Kier molecular flexibility index (Phi) is 2.66. The van der Waals surface area contributed by atoms with Crippen molar-refractivity contribution in [2.45, 2.75) is 32.6 Å². The molecule has 0 aromatic carbocycles. The summed E-state index contributed by atoms with van der Waals surface area (Å²) in [5.41, 5.74) is 7.43. The first-order valence-corrected chi connectivity index (χ1v) is 5.42. The van der Waals surface area contributed by atoms with E-state index in [1.54, 1.807) is 0 Å². The van der Waals surface area contributed by atoms with Crippen molar-refractivity contribution in [2.75, 3.05) is 17.6 Å². The molecule has 0 spiro atoms. The van der Waals surface area contributed by atoms with Gasteiger partial charge in [-0.15, -0.1) is 0 Å². The number of nitrogen functional groups attached to an aromatic ring is 1. The van der Waals surface area contributed by atoms with Crippen LogP contribution in [0.15, 0.2) is 9.21 Å². The van der Waals surface area contributed by atoms with Crippen LogP contribution in [0, 0.1) is 0 Å². The first-order chi connectivity index (χ1) is 7.24. The van der Waals surface area contributed by atoms with E-state index in [1.807, 2.05) is 6.92 Å². The molecule has 0 fully saturated rings. The molecule has 82 valence electrons. The van der Waals surface area contributed by atoms with Gasteiger partial charge in [0.15, 0.2) is 0 Å². The van der Waals surface area contributed by atoms with Crippen LogP contribution in [-0.2, 0) is 12.8 Å². The average Bonchev–Trinajstić information content (AvgIpc) is 2.25. The predicted molar refractivity (Wildman–Crippen MR) is 60.2 cm³/mol. The summed E-state index contributed by atoms with van der Waals surface area (Å²) in [7, 11) is 0. The second kappa shape index (κ2) is 3.96. The maximum Gasteiger partial charge on any atom is 0.361 e. The molecule has 0 aliphatic heterocycles. The Bertz CT molecular complexity index is 423. The summed E-state index contributed by atoms with van der Waals surface area (Å²) < 4.78 is 5.20. The van der Waals surface area contributed by atoms with E-state index in [4.69, 9.17) is 10.2 Å². The lowest BCUT2D eigenvalue weighted by Crippen LogP contribution is -2.18. The molecule has 0 bridgehead atoms. The molecule has 4 heteroatoms. The zero-order chi connectivity index (χ0) is 10.8. The van der Waals surface area contributed by atoms with Crippen LogP contribution in [0.1, 0.15) is 31.1 Å². The van der Waals surface area contributed by atoms with Gasteiger partial charge in [-0.25, -0.2) is 4.79 Å². The summed E-state index contributed by atoms with van der Waals surface area (Å²) in [6, 6.07) is 0. The van der Waals surface area contributed by atoms with Gasteiger partial charge in [-0.3, -0.25) is 0 Å². The maximum atomic E-state index is 11.5. The number of rotatable bonds is 2. The molecule has 0 amide bonds. The second-order valence-electron chi connectivity index (χ2n) is 3.82. The number of anilines is 2. The number of hydrogen-bond donors (Lipinski definition) is 2. The third kappa shape index (κ3) is 1.71. The molecule has 0 saturated carbocycles. The molecule has 2 rings (SSSR count). The molecule has 1 aliphatic carbocycles. The normalized spacial score (nSPS) is 14.7. The number of nitrogens with two attached hydrogens (primary N) is 1. The fourth-order valence-electron chi connectivity index (χ4n) is 2.06. The highest BCUT2D eigenvalue weighted by Gasteiger charge is 2.19. The van der Waals surface area contributed by atoms with Gasteiger partial charge in [-0.05, 0) is 26.2 Å². The standard InChI is InChI=1S/C11H16N2O2/c1-2-13-10-7-5-3-4-6-8(7)15-11(14)9(10)12/h13H,2-6,12H2,1H3. The van der Waals surface area contributed by atoms with Crippen molar-refractivity contribution >= 4 is 11.4 Å². The quantitative estimate of drug-likeness (QED) is 0.773. The Morgan fingerprint density at radius 2 is 2.13 bits per heavy atom. The lowest BCUT2D eigenvalue weighted by atomic mass is 9.95. The Morgan fingerprint density at radius 3 is 2.87 bits per heavy atom. The Labute approximate surface area is 88.5 Å². The van der Waals surface area contributed by atoms with Crippen LogP contribution in [0.5, 0.6) is 0 Å². The number of nitrogens with one attached hydrogen (secondary N) is 1. The van der Waals surface area contributed by atoms with E-state index in [2.05, 4.69) is 5.32 Å². The Morgan fingerprint density at radius 1 is 1.40 bits per heavy atom. The molecule has 3 N–H and O–H groups in total. The van der Waals surface area contributed by atoms with E-state index < -0.39 is 5.63 Å². The van der Waals surface area contributed by atoms with Gasteiger partial charge in [-0.2, -0.15) is 0 Å². The van der Waals surface area contributed by atoms with Crippen molar-refractivity contribution in [3.05, 3.63) is 21.7 Å². The summed E-state index contributed by atoms with van der Waals surface area (Å²) in [6.45, 7) is 2.75. The van der Waals surface area contributed by atoms with Gasteiger partial charge in [-0.1, -0.05) is 0 Å². The van der Waals surface area contributed by atoms with Crippen LogP contribution in [0.3, 0.4) is 0 Å². The summed E-state index contributed by atoms with van der Waals surface area (Å²) in [5, 5.41) is 3.16. The van der Waals surface area contributed by atoms with E-state index in [1.165, 1.54) is 0 Å². The minimum absolute atomic E-state index is 0.220. The fourth-order valence-corrected chi connectivity index (χ4v) is 2.06. The number of fused-ring (bicyclic) bond motifs is 1. The summed E-state index contributed by atoms with van der Waals surface area (Å²) in [5.74, 6) is 0.816. The van der Waals surface area contributed by atoms with E-state index in [0.717, 1.165) is 49.2 Å². The van der Waals surface area contributed by atoms with Crippen LogP contribution in [0.4, 0.5) is 11.4 Å². The van der Waals surface area contributed by atoms with Crippen molar-refractivity contribution in [1.29, 1.82) is 0 Å². The van der Waals surface area contributed by atoms with Gasteiger partial charge >= 0.3 is 5.63 Å². The maximum absolute atomic E-state index is 11.5. The largest absolute Gasteiger partial charge is 0.426 e. The molecule has 0 atom stereocenters. The van der Waals surface area contributed by atoms with Crippen LogP contribution in [-0.4, -0.2) is 6.54 Å². The predicted octanol–water partition coefficient (Wildman–Crippen LogP) is 1.53. The fraction of sp³-hybridized carbons (Fsp3) is 0.545. The molecule has 15 heavy (non-hydrogen) atoms. The highest BCUT2D eigenvalue weighted by atomic mass is 16.4. The third-order valence-corrected chi connectivity index (χ3v) is 2.78. The molecular weight excluding hydrogens is 192 g/mol. The molecule has 4 nitrogen and oxygen atoms in total. The zero-order valence-electron chi connectivity index (χ0n) is 8.93. The van der Waals surface area contributed by atoms with E-state index in [-0.39, 0.29) is 5.69 Å². The SMILES string of the molecule is CCNc1c2c(oc(=O)c1N)CCCC2. The first kappa shape index (κ1) is 10.1. The summed E-state index contributed by atoms with van der Waals surface area (Å²) in [6.07, 6.45) is 4.03. The van der Waals surface area contributed by atoms with Crippen LogP contribution < -0.4 is 16.7 Å². The molecule has 0 radical (unpaired) electrons. The Hall–Kier alpha value is -1.45. The smallest absolute Gasteiger partial charge is 0.361 e. The van der Waals surface area contributed by atoms with Crippen molar-refractivity contribution in [3.63, 3.8) is 0 Å². The van der Waals surface area contributed by atoms with E-state index >= 15 is 0 Å². The van der Waals surface area contributed by atoms with Crippen molar-refractivity contribution in [1.82, 2.24) is 0 Å². The summed E-state index contributed by atoms with van der Waals surface area (Å²) in [4.78, 5) is 11.5. The number of hydrogen-bond acceptors (Lipinski definition) is 4. The van der Waals surface area contributed by atoms with Gasteiger partial charge in [0, 0.05) is 18.5 Å². The van der Waals surface area contributed by atoms with Crippen LogP contribution in [0.25, 0.3) is 0 Å². The third-order valence-electron chi connectivity index (χ3n) is 2.78. The van der Waals surface area contributed by atoms with E-state index in [9.17, 15) is 4.79 Å². The van der Waals surface area contributed by atoms with Gasteiger partial charge in [0.1, 0.15) is 11.4 Å².